The van der Waals surface area contributed by atoms with Gasteiger partial charge in [0, 0.05) is 24.1 Å². The average Bonchev–Trinajstić information content (AvgIpc) is 2.96. The SMILES string of the molecule is CC.CCCNC(=O)CN(CC(F)(F)CC(C)C)C(=O)C(O)C(CC)NC(=O)c1cc(C)cc(O)c1C.c1ccccc1. The Balaban J connectivity index is 0.00000192. The summed E-state index contributed by atoms with van der Waals surface area (Å²) in [5, 5.41) is 25.9. The summed E-state index contributed by atoms with van der Waals surface area (Å²) < 4.78 is 29.2. The largest absolute Gasteiger partial charge is 0.508 e. The summed E-state index contributed by atoms with van der Waals surface area (Å²) in [7, 11) is 0. The number of phenols is 1. The molecule has 43 heavy (non-hydrogen) atoms. The predicted octanol–water partition coefficient (Wildman–Crippen LogP) is 5.63. The van der Waals surface area contributed by atoms with Gasteiger partial charge in [0.05, 0.1) is 19.1 Å². The number of nitrogens with one attached hydrogen (secondary N) is 2. The number of halogens is 2. The fourth-order valence-electron chi connectivity index (χ4n) is 4.12. The fraction of sp³-hybridized carbons (Fsp3) is 0.545. The topological polar surface area (TPSA) is 119 Å². The Bertz CT molecular complexity index is 1090. The molecule has 2 rings (SSSR count). The van der Waals surface area contributed by atoms with Crippen LogP contribution < -0.4 is 10.6 Å². The Hall–Kier alpha value is -3.53. The van der Waals surface area contributed by atoms with Crippen LogP contribution in [0.2, 0.25) is 0 Å². The van der Waals surface area contributed by atoms with Gasteiger partial charge in [0.1, 0.15) is 5.75 Å². The highest BCUT2D eigenvalue weighted by Crippen LogP contribution is 2.26. The van der Waals surface area contributed by atoms with Gasteiger partial charge >= 0.3 is 0 Å². The minimum Gasteiger partial charge on any atom is -0.508 e. The second-order valence-corrected chi connectivity index (χ2v) is 10.5. The average molecular weight is 608 g/mol. The van der Waals surface area contributed by atoms with Gasteiger partial charge in [-0.1, -0.05) is 77.9 Å². The van der Waals surface area contributed by atoms with E-state index in [1.165, 1.54) is 6.07 Å². The Morgan fingerprint density at radius 3 is 1.98 bits per heavy atom. The molecule has 0 fully saturated rings. The Labute approximate surface area is 255 Å². The monoisotopic (exact) mass is 607 g/mol. The molecule has 0 aliphatic carbocycles. The van der Waals surface area contributed by atoms with E-state index < -0.39 is 55.3 Å². The normalized spacial score (nSPS) is 12.1. The molecule has 4 N–H and O–H groups in total. The molecule has 2 atom stereocenters. The number of aliphatic hydroxyl groups excluding tert-OH is 1. The zero-order valence-electron chi connectivity index (χ0n) is 26.9. The highest BCUT2D eigenvalue weighted by molar-refractivity contribution is 5.97. The Morgan fingerprint density at radius 1 is 0.977 bits per heavy atom. The van der Waals surface area contributed by atoms with Crippen molar-refractivity contribution in [2.24, 2.45) is 5.92 Å². The van der Waals surface area contributed by atoms with E-state index in [0.717, 1.165) is 0 Å². The number of nitrogens with zero attached hydrogens (tertiary/aromatic N) is 1. The molecule has 0 saturated carbocycles. The lowest BCUT2D eigenvalue weighted by atomic mass is 10.0. The van der Waals surface area contributed by atoms with Crippen molar-refractivity contribution in [2.75, 3.05) is 19.6 Å². The molecular formula is C33H51F2N3O5. The molecule has 242 valence electrons. The van der Waals surface area contributed by atoms with Crippen LogP contribution in [-0.4, -0.2) is 70.5 Å². The lowest BCUT2D eigenvalue weighted by Crippen LogP contribution is -2.55. The summed E-state index contributed by atoms with van der Waals surface area (Å²) in [5.74, 6) is -6.01. The summed E-state index contributed by atoms with van der Waals surface area (Å²) in [4.78, 5) is 38.8. The predicted molar refractivity (Wildman–Crippen MR) is 167 cm³/mol. The van der Waals surface area contributed by atoms with Gasteiger partial charge in [0.2, 0.25) is 5.91 Å². The second-order valence-electron chi connectivity index (χ2n) is 10.5. The van der Waals surface area contributed by atoms with Gasteiger partial charge in [-0.2, -0.15) is 0 Å². The van der Waals surface area contributed by atoms with Crippen molar-refractivity contribution in [2.45, 2.75) is 92.7 Å². The number of aromatic hydroxyl groups is 1. The number of amides is 3. The van der Waals surface area contributed by atoms with E-state index in [1.54, 1.807) is 40.7 Å². The summed E-state index contributed by atoms with van der Waals surface area (Å²) in [6.45, 7) is 12.6. The molecule has 0 aliphatic rings. The van der Waals surface area contributed by atoms with Crippen LogP contribution in [-0.2, 0) is 9.59 Å². The molecule has 2 unspecified atom stereocenters. The van der Waals surface area contributed by atoms with Crippen LogP contribution in [0.4, 0.5) is 8.78 Å². The Kier molecular flexibility index (Phi) is 18.7. The van der Waals surface area contributed by atoms with Crippen LogP contribution in [0.3, 0.4) is 0 Å². The van der Waals surface area contributed by atoms with E-state index in [0.29, 0.717) is 29.0 Å². The molecule has 8 nitrogen and oxygen atoms in total. The molecule has 2 aromatic rings. The molecule has 3 amide bonds. The highest BCUT2D eigenvalue weighted by Gasteiger charge is 2.38. The van der Waals surface area contributed by atoms with Crippen LogP contribution in [0.1, 0.15) is 82.3 Å². The van der Waals surface area contributed by atoms with Crippen molar-refractivity contribution in [3.63, 3.8) is 0 Å². The van der Waals surface area contributed by atoms with Crippen LogP contribution in [0.15, 0.2) is 48.5 Å². The lowest BCUT2D eigenvalue weighted by molar-refractivity contribution is -0.150. The second kappa shape index (κ2) is 20.4. The molecule has 0 bridgehead atoms. The van der Waals surface area contributed by atoms with Crippen LogP contribution >= 0.6 is 0 Å². The van der Waals surface area contributed by atoms with Crippen LogP contribution in [0.25, 0.3) is 0 Å². The summed E-state index contributed by atoms with van der Waals surface area (Å²) in [5.41, 5.74) is 1.13. The molecule has 2 aromatic carbocycles. The lowest BCUT2D eigenvalue weighted by Gasteiger charge is -2.32. The molecular weight excluding hydrogens is 556 g/mol. The minimum absolute atomic E-state index is 0.0727. The number of hydrogen-bond donors (Lipinski definition) is 4. The molecule has 0 aliphatic heterocycles. The third-order valence-electron chi connectivity index (χ3n) is 6.17. The van der Waals surface area contributed by atoms with Gasteiger partial charge < -0.3 is 25.7 Å². The quantitative estimate of drug-likeness (QED) is 0.236. The number of phenolic OH excluding ortho intramolecular Hbond substituents is 1. The molecule has 10 heteroatoms. The number of carbonyl (C=O) groups excluding carboxylic acids is 3. The summed E-state index contributed by atoms with van der Waals surface area (Å²) in [6.07, 6.45) is -1.60. The summed E-state index contributed by atoms with van der Waals surface area (Å²) >= 11 is 0. The minimum atomic E-state index is -3.27. The van der Waals surface area contributed by atoms with Crippen molar-refractivity contribution in [3.05, 3.63) is 65.2 Å². The van der Waals surface area contributed by atoms with Crippen molar-refractivity contribution in [1.82, 2.24) is 15.5 Å². The molecule has 0 spiro atoms. The third kappa shape index (κ3) is 15.0. The van der Waals surface area contributed by atoms with Crippen molar-refractivity contribution in [1.29, 1.82) is 0 Å². The van der Waals surface area contributed by atoms with Crippen LogP contribution in [0, 0.1) is 19.8 Å². The van der Waals surface area contributed by atoms with Gasteiger partial charge in [-0.05, 0) is 50.3 Å². The molecule has 0 radical (unpaired) electrons. The van der Waals surface area contributed by atoms with Gasteiger partial charge in [0.15, 0.2) is 6.10 Å². The fourth-order valence-corrected chi connectivity index (χ4v) is 4.12. The van der Waals surface area contributed by atoms with Gasteiger partial charge in [-0.3, -0.25) is 14.4 Å². The number of alkyl halides is 2. The maximum atomic E-state index is 14.6. The van der Waals surface area contributed by atoms with E-state index in [4.69, 9.17) is 0 Å². The van der Waals surface area contributed by atoms with E-state index in [-0.39, 0.29) is 23.7 Å². The van der Waals surface area contributed by atoms with E-state index >= 15 is 0 Å². The number of aliphatic hydroxyl groups is 1. The van der Waals surface area contributed by atoms with Gasteiger partial charge in [-0.25, -0.2) is 8.78 Å². The number of aryl methyl sites for hydroxylation is 1. The van der Waals surface area contributed by atoms with Crippen molar-refractivity contribution in [3.8, 4) is 5.75 Å². The van der Waals surface area contributed by atoms with E-state index in [1.807, 2.05) is 57.2 Å². The molecule has 0 saturated heterocycles. The first kappa shape index (κ1) is 39.5. The van der Waals surface area contributed by atoms with Crippen LogP contribution in [0.5, 0.6) is 5.75 Å². The highest BCUT2D eigenvalue weighted by atomic mass is 19.3. The number of rotatable bonds is 13. The zero-order chi connectivity index (χ0) is 33.2. The smallest absolute Gasteiger partial charge is 0.265 e. The molecule has 0 heterocycles. The number of hydrogen-bond acceptors (Lipinski definition) is 5. The summed E-state index contributed by atoms with van der Waals surface area (Å²) in [6, 6.07) is 14.0. The first-order valence-electron chi connectivity index (χ1n) is 14.9. The maximum absolute atomic E-state index is 14.6. The number of benzene rings is 2. The number of carbonyl (C=O) groups is 3. The standard InChI is InChI=1S/C25H39F2N3O5.C6H6.C2H6/c1-7-9-28-21(32)13-30(14-25(26,27)12-15(3)4)24(35)22(33)19(8-2)29-23(34)18-10-16(5)11-20(31)17(18)6;1-2-4-6-5-3-1;1-2/h10-11,15,19,22,31,33H,7-9,12-14H2,1-6H3,(H,28,32)(H,29,34);1-6H;1-2H3. The Morgan fingerprint density at radius 2 is 1.51 bits per heavy atom. The first-order valence-corrected chi connectivity index (χ1v) is 14.9. The van der Waals surface area contributed by atoms with Crippen molar-refractivity contribution < 1.29 is 33.4 Å². The van der Waals surface area contributed by atoms with Gasteiger partial charge in [-0.15, -0.1) is 0 Å². The first-order chi connectivity index (χ1) is 20.2. The van der Waals surface area contributed by atoms with Gasteiger partial charge in [0.25, 0.3) is 17.7 Å². The maximum Gasteiger partial charge on any atom is 0.265 e. The van der Waals surface area contributed by atoms with E-state index in [2.05, 4.69) is 10.6 Å². The molecule has 0 aromatic heterocycles. The van der Waals surface area contributed by atoms with E-state index in [9.17, 15) is 33.4 Å². The third-order valence-corrected chi connectivity index (χ3v) is 6.17. The zero-order valence-corrected chi connectivity index (χ0v) is 26.9. The van der Waals surface area contributed by atoms with Crippen molar-refractivity contribution >= 4 is 17.7 Å².